The molecule has 0 bridgehead atoms. The first kappa shape index (κ1) is 17.0. The van der Waals surface area contributed by atoms with Gasteiger partial charge in [0.2, 0.25) is 5.91 Å². The van der Waals surface area contributed by atoms with Crippen LogP contribution in [0, 0.1) is 11.8 Å². The fourth-order valence-corrected chi connectivity index (χ4v) is 2.87. The van der Waals surface area contributed by atoms with E-state index in [9.17, 15) is 9.59 Å². The number of hydrogen-bond acceptors (Lipinski definition) is 2. The third-order valence-electron chi connectivity index (χ3n) is 4.31. The minimum atomic E-state index is -0.742. The lowest BCUT2D eigenvalue weighted by Gasteiger charge is -2.21. The third-order valence-corrected chi connectivity index (χ3v) is 4.31. The van der Waals surface area contributed by atoms with E-state index in [0.717, 1.165) is 18.8 Å². The van der Waals surface area contributed by atoms with Crippen molar-refractivity contribution in [3.05, 3.63) is 0 Å². The predicted octanol–water partition coefficient (Wildman–Crippen LogP) is 3.35. The SMILES string of the molecule is CC(CCNC(=O)CCC1CCCCC1)CCC(=O)O. The molecule has 1 atom stereocenters. The van der Waals surface area contributed by atoms with Crippen LogP contribution < -0.4 is 5.32 Å². The summed E-state index contributed by atoms with van der Waals surface area (Å²) >= 11 is 0. The molecule has 1 unspecified atom stereocenters. The van der Waals surface area contributed by atoms with Crippen LogP contribution in [0.4, 0.5) is 0 Å². The van der Waals surface area contributed by atoms with E-state index in [1.165, 1.54) is 32.1 Å². The van der Waals surface area contributed by atoms with E-state index >= 15 is 0 Å². The number of hydrogen-bond donors (Lipinski definition) is 2. The zero-order valence-electron chi connectivity index (χ0n) is 12.7. The molecular formula is C16H29NO3. The zero-order chi connectivity index (χ0) is 14.8. The summed E-state index contributed by atoms with van der Waals surface area (Å²) in [7, 11) is 0. The van der Waals surface area contributed by atoms with Crippen LogP contribution in [-0.4, -0.2) is 23.5 Å². The van der Waals surface area contributed by atoms with Crippen LogP contribution in [-0.2, 0) is 9.59 Å². The maximum Gasteiger partial charge on any atom is 0.303 e. The Bertz CT molecular complexity index is 298. The van der Waals surface area contributed by atoms with Crippen LogP contribution >= 0.6 is 0 Å². The van der Waals surface area contributed by atoms with E-state index in [1.54, 1.807) is 0 Å². The summed E-state index contributed by atoms with van der Waals surface area (Å²) < 4.78 is 0. The first-order chi connectivity index (χ1) is 9.58. The van der Waals surface area contributed by atoms with E-state index in [1.807, 2.05) is 6.92 Å². The van der Waals surface area contributed by atoms with Crippen LogP contribution in [0.3, 0.4) is 0 Å². The molecule has 4 nitrogen and oxygen atoms in total. The Labute approximate surface area is 122 Å². The second kappa shape index (κ2) is 9.78. The minimum Gasteiger partial charge on any atom is -0.481 e. The molecule has 1 amide bonds. The first-order valence-electron chi connectivity index (χ1n) is 8.06. The van der Waals surface area contributed by atoms with Gasteiger partial charge >= 0.3 is 5.97 Å². The number of rotatable bonds is 9. The summed E-state index contributed by atoms with van der Waals surface area (Å²) in [5.41, 5.74) is 0. The van der Waals surface area contributed by atoms with Crippen molar-refractivity contribution in [2.75, 3.05) is 6.54 Å². The molecule has 0 radical (unpaired) electrons. The molecule has 4 heteroatoms. The Hall–Kier alpha value is -1.06. The van der Waals surface area contributed by atoms with Gasteiger partial charge in [-0.25, -0.2) is 0 Å². The lowest BCUT2D eigenvalue weighted by Crippen LogP contribution is -2.26. The standard InChI is InChI=1S/C16H29NO3/c1-13(7-10-16(19)20)11-12-17-15(18)9-8-14-5-3-2-4-6-14/h13-14H,2-12H2,1H3,(H,17,18)(H,19,20). The number of amides is 1. The molecule has 1 rings (SSSR count). The number of aliphatic carboxylic acids is 1. The van der Waals surface area contributed by atoms with Crippen LogP contribution in [0.15, 0.2) is 0 Å². The lowest BCUT2D eigenvalue weighted by atomic mass is 9.86. The smallest absolute Gasteiger partial charge is 0.303 e. The topological polar surface area (TPSA) is 66.4 Å². The van der Waals surface area contributed by atoms with Gasteiger partial charge in [-0.05, 0) is 31.1 Å². The van der Waals surface area contributed by atoms with E-state index < -0.39 is 5.97 Å². The maximum atomic E-state index is 11.7. The molecule has 1 saturated carbocycles. The van der Waals surface area contributed by atoms with Gasteiger partial charge in [-0.2, -0.15) is 0 Å². The number of nitrogens with one attached hydrogen (secondary N) is 1. The van der Waals surface area contributed by atoms with Crippen molar-refractivity contribution in [1.29, 1.82) is 0 Å². The summed E-state index contributed by atoms with van der Waals surface area (Å²) in [4.78, 5) is 22.2. The van der Waals surface area contributed by atoms with Gasteiger partial charge in [0.1, 0.15) is 0 Å². The van der Waals surface area contributed by atoms with Crippen LogP contribution in [0.2, 0.25) is 0 Å². The number of carboxylic acids is 1. The molecule has 20 heavy (non-hydrogen) atoms. The molecular weight excluding hydrogens is 254 g/mol. The molecule has 0 spiro atoms. The molecule has 1 aliphatic carbocycles. The normalized spacial score (nSPS) is 17.6. The van der Waals surface area contributed by atoms with Crippen molar-refractivity contribution >= 4 is 11.9 Å². The highest BCUT2D eigenvalue weighted by molar-refractivity contribution is 5.75. The highest BCUT2D eigenvalue weighted by Gasteiger charge is 2.14. The summed E-state index contributed by atoms with van der Waals surface area (Å²) in [5, 5.41) is 11.6. The summed E-state index contributed by atoms with van der Waals surface area (Å²) in [5.74, 6) is 0.517. The van der Waals surface area contributed by atoms with Gasteiger partial charge in [0.15, 0.2) is 0 Å². The van der Waals surface area contributed by atoms with Gasteiger partial charge in [-0.1, -0.05) is 39.0 Å². The van der Waals surface area contributed by atoms with E-state index in [4.69, 9.17) is 5.11 Å². The average Bonchev–Trinajstić information content (AvgIpc) is 2.44. The van der Waals surface area contributed by atoms with Gasteiger partial charge < -0.3 is 10.4 Å². The Kier molecular flexibility index (Phi) is 8.31. The average molecular weight is 283 g/mol. The Morgan fingerprint density at radius 3 is 2.50 bits per heavy atom. The van der Waals surface area contributed by atoms with Gasteiger partial charge in [0.25, 0.3) is 0 Å². The van der Waals surface area contributed by atoms with E-state index in [2.05, 4.69) is 5.32 Å². The molecule has 0 aromatic carbocycles. The lowest BCUT2D eigenvalue weighted by molar-refractivity contribution is -0.137. The van der Waals surface area contributed by atoms with Gasteiger partial charge in [-0.3, -0.25) is 9.59 Å². The summed E-state index contributed by atoms with van der Waals surface area (Å²) in [6, 6.07) is 0. The highest BCUT2D eigenvalue weighted by Crippen LogP contribution is 2.27. The summed E-state index contributed by atoms with van der Waals surface area (Å²) in [6.07, 6.45) is 10.0. The first-order valence-corrected chi connectivity index (χ1v) is 8.06. The van der Waals surface area contributed by atoms with Crippen molar-refractivity contribution in [2.24, 2.45) is 11.8 Å². The summed E-state index contributed by atoms with van der Waals surface area (Å²) in [6.45, 7) is 2.71. The number of carbonyl (C=O) groups excluding carboxylic acids is 1. The fraction of sp³-hybridized carbons (Fsp3) is 0.875. The van der Waals surface area contributed by atoms with Crippen LogP contribution in [0.1, 0.15) is 71.1 Å². The quantitative estimate of drug-likeness (QED) is 0.682. The molecule has 0 aromatic heterocycles. The van der Waals surface area contributed by atoms with Gasteiger partial charge in [-0.15, -0.1) is 0 Å². The second-order valence-electron chi connectivity index (χ2n) is 6.22. The van der Waals surface area contributed by atoms with Crippen molar-refractivity contribution in [3.63, 3.8) is 0 Å². The Balaban J connectivity index is 2.00. The van der Waals surface area contributed by atoms with Crippen molar-refractivity contribution < 1.29 is 14.7 Å². The number of carboxylic acid groups (broad SMARTS) is 1. The van der Waals surface area contributed by atoms with Gasteiger partial charge in [0.05, 0.1) is 0 Å². The number of carbonyl (C=O) groups is 2. The van der Waals surface area contributed by atoms with Crippen LogP contribution in [0.25, 0.3) is 0 Å². The molecule has 0 aliphatic heterocycles. The predicted molar refractivity (Wildman–Crippen MR) is 79.5 cm³/mol. The highest BCUT2D eigenvalue weighted by atomic mass is 16.4. The minimum absolute atomic E-state index is 0.154. The fourth-order valence-electron chi connectivity index (χ4n) is 2.87. The molecule has 0 saturated heterocycles. The molecule has 2 N–H and O–H groups in total. The van der Waals surface area contributed by atoms with E-state index in [-0.39, 0.29) is 12.3 Å². The maximum absolute atomic E-state index is 11.7. The van der Waals surface area contributed by atoms with Crippen molar-refractivity contribution in [1.82, 2.24) is 5.32 Å². The molecule has 1 aliphatic rings. The van der Waals surface area contributed by atoms with Crippen LogP contribution in [0.5, 0.6) is 0 Å². The Morgan fingerprint density at radius 1 is 1.15 bits per heavy atom. The monoisotopic (exact) mass is 283 g/mol. The van der Waals surface area contributed by atoms with Crippen molar-refractivity contribution in [2.45, 2.75) is 71.1 Å². The Morgan fingerprint density at radius 2 is 1.85 bits per heavy atom. The molecule has 1 fully saturated rings. The zero-order valence-corrected chi connectivity index (χ0v) is 12.7. The third kappa shape index (κ3) is 8.18. The molecule has 0 heterocycles. The second-order valence-corrected chi connectivity index (χ2v) is 6.22. The van der Waals surface area contributed by atoms with E-state index in [0.29, 0.717) is 25.3 Å². The largest absolute Gasteiger partial charge is 0.481 e. The molecule has 0 aromatic rings. The van der Waals surface area contributed by atoms with Gasteiger partial charge in [0, 0.05) is 19.4 Å². The molecule has 116 valence electrons. The van der Waals surface area contributed by atoms with Crippen molar-refractivity contribution in [3.8, 4) is 0 Å².